The number of hydrogen-bond acceptors (Lipinski definition) is 7. The Balaban J connectivity index is 1.37. The second kappa shape index (κ2) is 10.4. The number of carbonyl (C=O) groups is 1. The summed E-state index contributed by atoms with van der Waals surface area (Å²) >= 11 is 0. The number of halogens is 2. The van der Waals surface area contributed by atoms with Gasteiger partial charge in [0.25, 0.3) is 5.92 Å². The van der Waals surface area contributed by atoms with Crippen LogP contribution in [0.25, 0.3) is 0 Å². The van der Waals surface area contributed by atoms with E-state index >= 15 is 0 Å². The van der Waals surface area contributed by atoms with E-state index in [1.807, 2.05) is 0 Å². The number of methoxy groups -OCH3 is 1. The molecule has 2 aliphatic heterocycles. The van der Waals surface area contributed by atoms with Crippen molar-refractivity contribution in [1.82, 2.24) is 10.2 Å². The van der Waals surface area contributed by atoms with Gasteiger partial charge < -0.3 is 29.4 Å². The summed E-state index contributed by atoms with van der Waals surface area (Å²) in [5.41, 5.74) is 0.497. The zero-order valence-electron chi connectivity index (χ0n) is 18.8. The zero-order valence-corrected chi connectivity index (χ0v) is 18.8. The van der Waals surface area contributed by atoms with Gasteiger partial charge in [-0.25, -0.2) is 8.78 Å². The van der Waals surface area contributed by atoms with E-state index in [0.29, 0.717) is 41.8 Å². The Hall–Kier alpha value is -3.11. The van der Waals surface area contributed by atoms with Crippen LogP contribution in [0.2, 0.25) is 0 Å². The second-order valence-electron chi connectivity index (χ2n) is 8.32. The Labute approximate surface area is 196 Å². The van der Waals surface area contributed by atoms with Crippen LogP contribution < -0.4 is 24.3 Å². The number of fused-ring (bicyclic) bond motifs is 1. The summed E-state index contributed by atoms with van der Waals surface area (Å²) in [6, 6.07) is 11.2. The Bertz CT molecular complexity index is 980. The fourth-order valence-electron chi connectivity index (χ4n) is 3.93. The maximum Gasteiger partial charge on any atom is 0.272 e. The molecule has 2 atom stereocenters. The van der Waals surface area contributed by atoms with Gasteiger partial charge in [-0.05, 0) is 42.0 Å². The van der Waals surface area contributed by atoms with Crippen LogP contribution in [0.1, 0.15) is 18.1 Å². The van der Waals surface area contributed by atoms with Crippen LogP contribution in [0.5, 0.6) is 23.0 Å². The normalized spacial score (nSPS) is 18.4. The van der Waals surface area contributed by atoms with Crippen LogP contribution in [0.15, 0.2) is 42.5 Å². The van der Waals surface area contributed by atoms with Crippen molar-refractivity contribution in [2.75, 3.05) is 46.6 Å². The first kappa shape index (κ1) is 24.0. The fourth-order valence-corrected chi connectivity index (χ4v) is 3.93. The Kier molecular flexibility index (Phi) is 7.38. The van der Waals surface area contributed by atoms with Gasteiger partial charge in [-0.15, -0.1) is 0 Å². The van der Waals surface area contributed by atoms with E-state index in [1.54, 1.807) is 49.6 Å². The highest BCUT2D eigenvalue weighted by molar-refractivity contribution is 5.76. The van der Waals surface area contributed by atoms with E-state index in [-0.39, 0.29) is 25.5 Å². The molecule has 4 rings (SSSR count). The van der Waals surface area contributed by atoms with E-state index < -0.39 is 31.2 Å². The maximum absolute atomic E-state index is 13.3. The van der Waals surface area contributed by atoms with E-state index in [1.165, 1.54) is 4.90 Å². The van der Waals surface area contributed by atoms with Gasteiger partial charge in [0.05, 0.1) is 39.3 Å². The van der Waals surface area contributed by atoms with Crippen LogP contribution in [0.4, 0.5) is 8.78 Å². The molecule has 1 fully saturated rings. The molecule has 2 aromatic carbocycles. The SMILES string of the molecule is COc1ccc(OCCC(=O)N[C@H](CN2CC(F)(F)C2)[C@H](O)c2ccc3c(c2)OCCO3)cc1. The Morgan fingerprint density at radius 2 is 1.79 bits per heavy atom. The minimum atomic E-state index is -2.75. The number of likely N-dealkylation sites (tertiary alicyclic amines) is 1. The minimum Gasteiger partial charge on any atom is -0.497 e. The molecule has 0 spiro atoms. The molecule has 0 unspecified atom stereocenters. The van der Waals surface area contributed by atoms with Gasteiger partial charge in [-0.1, -0.05) is 6.07 Å². The molecule has 1 amide bonds. The minimum absolute atomic E-state index is 0.0343. The van der Waals surface area contributed by atoms with Crippen molar-refractivity contribution in [3.8, 4) is 23.0 Å². The Morgan fingerprint density at radius 1 is 1.12 bits per heavy atom. The fraction of sp³-hybridized carbons (Fsp3) is 0.458. The van der Waals surface area contributed by atoms with Gasteiger partial charge in [-0.3, -0.25) is 9.69 Å². The number of alkyl halides is 2. The van der Waals surface area contributed by atoms with Crippen LogP contribution in [-0.2, 0) is 4.79 Å². The highest BCUT2D eigenvalue weighted by atomic mass is 19.3. The molecule has 184 valence electrons. The number of aliphatic hydroxyl groups is 1. The third-order valence-electron chi connectivity index (χ3n) is 5.66. The summed E-state index contributed by atoms with van der Waals surface area (Å²) in [6.45, 7) is 0.212. The first-order valence-corrected chi connectivity index (χ1v) is 11.1. The van der Waals surface area contributed by atoms with E-state index in [4.69, 9.17) is 18.9 Å². The summed E-state index contributed by atoms with van der Waals surface area (Å²) in [5, 5.41) is 13.8. The zero-order chi connectivity index (χ0) is 24.1. The monoisotopic (exact) mass is 478 g/mol. The highest BCUT2D eigenvalue weighted by Gasteiger charge is 2.45. The van der Waals surface area contributed by atoms with E-state index in [2.05, 4.69) is 5.32 Å². The third-order valence-corrected chi connectivity index (χ3v) is 5.66. The summed E-state index contributed by atoms with van der Waals surface area (Å²) < 4.78 is 48.4. The summed E-state index contributed by atoms with van der Waals surface area (Å²) in [4.78, 5) is 14.1. The number of ether oxygens (including phenoxy) is 4. The van der Waals surface area contributed by atoms with E-state index in [0.717, 1.165) is 0 Å². The van der Waals surface area contributed by atoms with Gasteiger partial charge in [-0.2, -0.15) is 0 Å². The number of benzene rings is 2. The molecular weight excluding hydrogens is 450 g/mol. The predicted octanol–water partition coefficient (Wildman–Crippen LogP) is 2.40. The largest absolute Gasteiger partial charge is 0.497 e. The summed E-state index contributed by atoms with van der Waals surface area (Å²) in [5.74, 6) is -0.760. The van der Waals surface area contributed by atoms with Gasteiger partial charge in [0, 0.05) is 6.54 Å². The highest BCUT2D eigenvalue weighted by Crippen LogP contribution is 2.34. The molecule has 2 aliphatic rings. The molecule has 2 aromatic rings. The average Bonchev–Trinajstić information content (AvgIpc) is 2.82. The lowest BCUT2D eigenvalue weighted by Crippen LogP contribution is -2.60. The van der Waals surface area contributed by atoms with Crippen molar-refractivity contribution >= 4 is 5.91 Å². The number of hydrogen-bond donors (Lipinski definition) is 2. The topological polar surface area (TPSA) is 89.5 Å². The molecule has 8 nitrogen and oxygen atoms in total. The molecule has 0 saturated carbocycles. The smallest absolute Gasteiger partial charge is 0.272 e. The molecule has 0 aliphatic carbocycles. The first-order valence-electron chi connectivity index (χ1n) is 11.1. The predicted molar refractivity (Wildman–Crippen MR) is 119 cm³/mol. The standard InChI is InChI=1S/C24H28F2N2O6/c1-31-17-3-5-18(6-4-17)32-9-8-22(29)27-19(13-28-14-24(25,26)15-28)23(30)16-2-7-20-21(12-16)34-11-10-33-20/h2-7,12,19,23,30H,8-11,13-15H2,1H3,(H,27,29)/t19-,23-/m1/s1. The van der Waals surface area contributed by atoms with Crippen LogP contribution >= 0.6 is 0 Å². The molecule has 0 aromatic heterocycles. The number of amides is 1. The molecule has 1 saturated heterocycles. The molecule has 0 bridgehead atoms. The van der Waals surface area contributed by atoms with Crippen LogP contribution in [0.3, 0.4) is 0 Å². The number of rotatable bonds is 10. The summed E-state index contributed by atoms with van der Waals surface area (Å²) in [6.07, 6.45) is -1.09. The van der Waals surface area contributed by atoms with Crippen molar-refractivity contribution in [3.63, 3.8) is 0 Å². The van der Waals surface area contributed by atoms with Crippen molar-refractivity contribution < 1.29 is 37.6 Å². The Morgan fingerprint density at radius 3 is 2.47 bits per heavy atom. The molecule has 34 heavy (non-hydrogen) atoms. The number of nitrogens with zero attached hydrogens (tertiary/aromatic N) is 1. The molecular formula is C24H28F2N2O6. The molecule has 2 heterocycles. The first-order chi connectivity index (χ1) is 16.3. The van der Waals surface area contributed by atoms with E-state index in [9.17, 15) is 18.7 Å². The van der Waals surface area contributed by atoms with Crippen LogP contribution in [-0.4, -0.2) is 74.4 Å². The lowest BCUT2D eigenvalue weighted by Gasteiger charge is -2.41. The summed E-state index contributed by atoms with van der Waals surface area (Å²) in [7, 11) is 1.57. The lowest BCUT2D eigenvalue weighted by molar-refractivity contribution is -0.138. The van der Waals surface area contributed by atoms with Crippen molar-refractivity contribution in [2.24, 2.45) is 0 Å². The van der Waals surface area contributed by atoms with Crippen molar-refractivity contribution in [1.29, 1.82) is 0 Å². The quantitative estimate of drug-likeness (QED) is 0.542. The molecule has 0 radical (unpaired) electrons. The van der Waals surface area contributed by atoms with Gasteiger partial charge in [0.1, 0.15) is 30.8 Å². The number of carbonyl (C=O) groups excluding carboxylic acids is 1. The number of aliphatic hydroxyl groups excluding tert-OH is 1. The van der Waals surface area contributed by atoms with Gasteiger partial charge in [0.15, 0.2) is 11.5 Å². The molecule has 2 N–H and O–H groups in total. The van der Waals surface area contributed by atoms with Gasteiger partial charge >= 0.3 is 0 Å². The number of nitrogens with one attached hydrogen (secondary N) is 1. The van der Waals surface area contributed by atoms with Crippen molar-refractivity contribution in [2.45, 2.75) is 24.5 Å². The van der Waals surface area contributed by atoms with Crippen LogP contribution in [0, 0.1) is 0 Å². The van der Waals surface area contributed by atoms with Gasteiger partial charge in [0.2, 0.25) is 5.91 Å². The maximum atomic E-state index is 13.3. The van der Waals surface area contributed by atoms with Crippen molar-refractivity contribution in [3.05, 3.63) is 48.0 Å². The second-order valence-corrected chi connectivity index (χ2v) is 8.32. The lowest BCUT2D eigenvalue weighted by atomic mass is 9.99. The third kappa shape index (κ3) is 6.06. The molecule has 10 heteroatoms. The average molecular weight is 478 g/mol.